The minimum absolute atomic E-state index is 0.220. The lowest BCUT2D eigenvalue weighted by molar-refractivity contribution is -0.121. The highest BCUT2D eigenvalue weighted by atomic mass is 16.1. The summed E-state index contributed by atoms with van der Waals surface area (Å²) in [5.74, 6) is 0.220. The fraction of sp³-hybridized carbons (Fsp3) is 0.833. The molecule has 8 heavy (non-hydrogen) atoms. The van der Waals surface area contributed by atoms with Crippen LogP contribution in [0.4, 0.5) is 0 Å². The molecule has 0 spiro atoms. The smallest absolute Gasteiger partial charge is 0.152 e. The van der Waals surface area contributed by atoms with E-state index in [1.807, 2.05) is 6.92 Å². The van der Waals surface area contributed by atoms with Crippen LogP contribution in [0.15, 0.2) is 0 Å². The second-order valence-electron chi connectivity index (χ2n) is 2.69. The molecule has 0 aromatic carbocycles. The second-order valence-corrected chi connectivity index (χ2v) is 2.69. The van der Waals surface area contributed by atoms with Crippen LogP contribution in [-0.4, -0.2) is 11.3 Å². The summed E-state index contributed by atoms with van der Waals surface area (Å²) in [5.41, 5.74) is 5.09. The summed E-state index contributed by atoms with van der Waals surface area (Å²) in [6.07, 6.45) is 2.53. The molecule has 0 radical (unpaired) electrons. The maximum Gasteiger partial charge on any atom is 0.152 e. The number of carbonyl (C=O) groups excluding carboxylic acids is 1. The molecule has 0 amide bonds. The lowest BCUT2D eigenvalue weighted by atomic mass is 10.0. The van der Waals surface area contributed by atoms with Gasteiger partial charge in [-0.15, -0.1) is 0 Å². The Labute approximate surface area is 49.1 Å². The van der Waals surface area contributed by atoms with Gasteiger partial charge in [0.05, 0.1) is 5.54 Å². The quantitative estimate of drug-likeness (QED) is 0.496. The van der Waals surface area contributed by atoms with Gasteiger partial charge < -0.3 is 5.73 Å². The molecule has 0 aromatic rings. The summed E-state index contributed by atoms with van der Waals surface area (Å²) in [6.45, 7) is 1.81. The van der Waals surface area contributed by atoms with Crippen LogP contribution in [0.25, 0.3) is 0 Å². The van der Waals surface area contributed by atoms with Crippen LogP contribution in [0.3, 0.4) is 0 Å². The van der Waals surface area contributed by atoms with E-state index in [0.29, 0.717) is 6.42 Å². The first-order valence-corrected chi connectivity index (χ1v) is 2.95. The van der Waals surface area contributed by atoms with Gasteiger partial charge in [0.25, 0.3) is 0 Å². The number of nitrogens with two attached hydrogens (primary N) is 1. The molecule has 1 fully saturated rings. The largest absolute Gasteiger partial charge is 0.319 e. The third kappa shape index (κ3) is 0.757. The Morgan fingerprint density at radius 3 is 2.50 bits per heavy atom. The number of hydrogen-bond acceptors (Lipinski definition) is 2. The van der Waals surface area contributed by atoms with Gasteiger partial charge in [0, 0.05) is 6.42 Å². The van der Waals surface area contributed by atoms with Crippen molar-refractivity contribution >= 4 is 5.78 Å². The number of Topliss-reactive ketones (excluding diaryl/α,β-unsaturated/α-hetero) is 1. The molecule has 1 aliphatic rings. The van der Waals surface area contributed by atoms with E-state index in [4.69, 9.17) is 5.73 Å². The Hall–Kier alpha value is -0.370. The summed E-state index contributed by atoms with van der Waals surface area (Å²) in [7, 11) is 0. The SMILES string of the molecule is CC1(N)CCCC1=O. The molecule has 1 aliphatic carbocycles. The predicted molar refractivity (Wildman–Crippen MR) is 31.5 cm³/mol. The third-order valence-electron chi connectivity index (χ3n) is 1.74. The molecular weight excluding hydrogens is 102 g/mol. The lowest BCUT2D eigenvalue weighted by Crippen LogP contribution is -2.39. The van der Waals surface area contributed by atoms with Gasteiger partial charge >= 0.3 is 0 Å². The standard InChI is InChI=1S/C6H11NO/c1-6(7)4-2-3-5(6)8/h2-4,7H2,1H3. The van der Waals surface area contributed by atoms with Crippen molar-refractivity contribution in [2.24, 2.45) is 5.73 Å². The van der Waals surface area contributed by atoms with Crippen molar-refractivity contribution < 1.29 is 4.79 Å². The molecule has 0 heterocycles. The van der Waals surface area contributed by atoms with Crippen LogP contribution < -0.4 is 5.73 Å². The Balaban J connectivity index is 2.68. The third-order valence-corrected chi connectivity index (χ3v) is 1.74. The molecule has 0 aliphatic heterocycles. The van der Waals surface area contributed by atoms with E-state index in [9.17, 15) is 4.79 Å². The van der Waals surface area contributed by atoms with Crippen molar-refractivity contribution in [3.05, 3.63) is 0 Å². The normalized spacial score (nSPS) is 38.5. The van der Waals surface area contributed by atoms with Crippen molar-refractivity contribution in [1.82, 2.24) is 0 Å². The Morgan fingerprint density at radius 2 is 2.38 bits per heavy atom. The number of ketones is 1. The zero-order valence-electron chi connectivity index (χ0n) is 5.11. The maximum absolute atomic E-state index is 10.8. The van der Waals surface area contributed by atoms with Crippen LogP contribution in [0, 0.1) is 0 Å². The highest BCUT2D eigenvalue weighted by molar-refractivity contribution is 5.89. The number of carbonyl (C=O) groups is 1. The van der Waals surface area contributed by atoms with Crippen molar-refractivity contribution in [2.75, 3.05) is 0 Å². The lowest BCUT2D eigenvalue weighted by Gasteiger charge is -2.12. The summed E-state index contributed by atoms with van der Waals surface area (Å²) >= 11 is 0. The summed E-state index contributed by atoms with van der Waals surface area (Å²) in [5, 5.41) is 0. The molecule has 2 N–H and O–H groups in total. The fourth-order valence-electron chi connectivity index (χ4n) is 1.04. The van der Waals surface area contributed by atoms with E-state index in [0.717, 1.165) is 12.8 Å². The molecule has 1 unspecified atom stereocenters. The molecule has 0 saturated heterocycles. The molecule has 0 bridgehead atoms. The van der Waals surface area contributed by atoms with E-state index < -0.39 is 5.54 Å². The number of hydrogen-bond donors (Lipinski definition) is 1. The van der Waals surface area contributed by atoms with Gasteiger partial charge in [-0.1, -0.05) is 0 Å². The van der Waals surface area contributed by atoms with E-state index in [1.165, 1.54) is 0 Å². The highest BCUT2D eigenvalue weighted by Gasteiger charge is 2.32. The summed E-state index contributed by atoms with van der Waals surface area (Å²) in [6, 6.07) is 0. The van der Waals surface area contributed by atoms with Gasteiger partial charge in [-0.3, -0.25) is 4.79 Å². The molecule has 0 aromatic heterocycles. The van der Waals surface area contributed by atoms with Crippen molar-refractivity contribution in [1.29, 1.82) is 0 Å². The fourth-order valence-corrected chi connectivity index (χ4v) is 1.04. The number of rotatable bonds is 0. The van der Waals surface area contributed by atoms with Crippen molar-refractivity contribution in [3.63, 3.8) is 0 Å². The van der Waals surface area contributed by atoms with Gasteiger partial charge in [0.2, 0.25) is 0 Å². The van der Waals surface area contributed by atoms with E-state index in [-0.39, 0.29) is 5.78 Å². The average molecular weight is 113 g/mol. The van der Waals surface area contributed by atoms with Crippen LogP contribution >= 0.6 is 0 Å². The second kappa shape index (κ2) is 1.55. The Kier molecular flexibility index (Phi) is 1.12. The molecule has 46 valence electrons. The van der Waals surface area contributed by atoms with Gasteiger partial charge in [0.15, 0.2) is 5.78 Å². The summed E-state index contributed by atoms with van der Waals surface area (Å²) < 4.78 is 0. The van der Waals surface area contributed by atoms with Crippen molar-refractivity contribution in [3.8, 4) is 0 Å². The average Bonchev–Trinajstić information content (AvgIpc) is 1.86. The first kappa shape index (κ1) is 5.76. The topological polar surface area (TPSA) is 43.1 Å². The Bertz CT molecular complexity index is 118. The Morgan fingerprint density at radius 1 is 1.75 bits per heavy atom. The predicted octanol–water partition coefficient (Wildman–Crippen LogP) is 0.457. The molecule has 2 heteroatoms. The van der Waals surface area contributed by atoms with Gasteiger partial charge in [-0.2, -0.15) is 0 Å². The first-order valence-electron chi connectivity index (χ1n) is 2.95. The monoisotopic (exact) mass is 113 g/mol. The van der Waals surface area contributed by atoms with Gasteiger partial charge in [0.1, 0.15) is 0 Å². The van der Waals surface area contributed by atoms with Gasteiger partial charge in [-0.05, 0) is 19.8 Å². The molecule has 2 nitrogen and oxygen atoms in total. The minimum atomic E-state index is -0.486. The first-order chi connectivity index (χ1) is 3.63. The molecule has 1 atom stereocenters. The zero-order valence-corrected chi connectivity index (χ0v) is 5.11. The molecule has 1 saturated carbocycles. The van der Waals surface area contributed by atoms with E-state index in [1.54, 1.807) is 0 Å². The van der Waals surface area contributed by atoms with E-state index >= 15 is 0 Å². The van der Waals surface area contributed by atoms with Crippen LogP contribution in [0.5, 0.6) is 0 Å². The highest BCUT2D eigenvalue weighted by Crippen LogP contribution is 2.22. The molecule has 1 rings (SSSR count). The maximum atomic E-state index is 10.8. The van der Waals surface area contributed by atoms with Gasteiger partial charge in [-0.25, -0.2) is 0 Å². The minimum Gasteiger partial charge on any atom is -0.319 e. The zero-order chi connectivity index (χ0) is 6.20. The van der Waals surface area contributed by atoms with E-state index in [2.05, 4.69) is 0 Å². The van der Waals surface area contributed by atoms with Crippen LogP contribution in [-0.2, 0) is 4.79 Å². The van der Waals surface area contributed by atoms with Crippen molar-refractivity contribution in [2.45, 2.75) is 31.7 Å². The van der Waals surface area contributed by atoms with Crippen LogP contribution in [0.2, 0.25) is 0 Å². The molecular formula is C6H11NO. The summed E-state index contributed by atoms with van der Waals surface area (Å²) in [4.78, 5) is 10.8. The van der Waals surface area contributed by atoms with Crippen LogP contribution in [0.1, 0.15) is 26.2 Å².